The number of para-hydroxylation sites is 1. The number of aromatic nitrogens is 4. The Morgan fingerprint density at radius 1 is 1.00 bits per heavy atom. The van der Waals surface area contributed by atoms with Crippen molar-refractivity contribution in [3.63, 3.8) is 0 Å². The largest absolute Gasteiger partial charge is 0.461 e. The molecule has 0 N–H and O–H groups in total. The molecule has 0 spiro atoms. The topological polar surface area (TPSA) is 65.8 Å². The van der Waals surface area contributed by atoms with Crippen LogP contribution in [0, 0.1) is 19.7 Å². The highest BCUT2D eigenvalue weighted by molar-refractivity contribution is 7.99. The maximum absolute atomic E-state index is 14.4. The number of ketones is 1. The van der Waals surface area contributed by atoms with Crippen LogP contribution in [0.15, 0.2) is 88.6 Å². The molecular weight excluding hydrogens is 463 g/mol. The maximum Gasteiger partial charge on any atom is 0.200 e. The molecule has 0 atom stereocenters. The molecule has 2 aromatic carbocycles. The Hall–Kier alpha value is -3.91. The number of hydrogen-bond acceptors (Lipinski definition) is 5. The summed E-state index contributed by atoms with van der Waals surface area (Å²) in [5.41, 5.74) is 3.59. The zero-order valence-corrected chi connectivity index (χ0v) is 20.1. The molecule has 8 heteroatoms. The number of carbonyl (C=O) groups excluding carboxylic acids is 1. The van der Waals surface area contributed by atoms with Gasteiger partial charge in [0.15, 0.2) is 16.7 Å². The van der Waals surface area contributed by atoms with Crippen molar-refractivity contribution >= 4 is 17.5 Å². The van der Waals surface area contributed by atoms with E-state index in [1.807, 2.05) is 60.9 Å². The molecule has 0 radical (unpaired) electrons. The second kappa shape index (κ2) is 9.76. The van der Waals surface area contributed by atoms with Crippen LogP contribution in [0.5, 0.6) is 0 Å². The van der Waals surface area contributed by atoms with Crippen molar-refractivity contribution in [1.82, 2.24) is 19.3 Å². The van der Waals surface area contributed by atoms with Crippen molar-refractivity contribution in [2.24, 2.45) is 0 Å². The first kappa shape index (κ1) is 22.9. The van der Waals surface area contributed by atoms with E-state index in [1.165, 1.54) is 17.8 Å². The minimum absolute atomic E-state index is 0.0560. The second-order valence-corrected chi connectivity index (χ2v) is 9.08. The van der Waals surface area contributed by atoms with Gasteiger partial charge in [0.25, 0.3) is 0 Å². The molecule has 176 valence electrons. The average molecular weight is 487 g/mol. The number of hydrogen-bond donors (Lipinski definition) is 0. The Labute approximate surface area is 206 Å². The third-order valence-electron chi connectivity index (χ3n) is 5.80. The predicted octanol–water partition coefficient (Wildman–Crippen LogP) is 6.11. The van der Waals surface area contributed by atoms with Crippen LogP contribution in [0.2, 0.25) is 0 Å². The van der Waals surface area contributed by atoms with Crippen LogP contribution in [0.3, 0.4) is 0 Å². The zero-order chi connectivity index (χ0) is 24.4. The minimum atomic E-state index is -0.331. The van der Waals surface area contributed by atoms with Gasteiger partial charge in [-0.05, 0) is 49.7 Å². The lowest BCUT2D eigenvalue weighted by atomic mass is 10.2. The van der Waals surface area contributed by atoms with E-state index in [-0.39, 0.29) is 17.4 Å². The van der Waals surface area contributed by atoms with Crippen molar-refractivity contribution < 1.29 is 13.6 Å². The van der Waals surface area contributed by atoms with Crippen LogP contribution in [-0.2, 0) is 6.54 Å². The maximum atomic E-state index is 14.4. The number of nitrogens with zero attached hydrogens (tertiary/aromatic N) is 4. The molecule has 0 unspecified atom stereocenters. The molecule has 0 amide bonds. The molecule has 0 saturated heterocycles. The van der Waals surface area contributed by atoms with Crippen molar-refractivity contribution in [1.29, 1.82) is 0 Å². The van der Waals surface area contributed by atoms with E-state index in [0.29, 0.717) is 40.2 Å². The first-order valence-electron chi connectivity index (χ1n) is 11.1. The van der Waals surface area contributed by atoms with Crippen molar-refractivity contribution in [3.05, 3.63) is 107 Å². The summed E-state index contributed by atoms with van der Waals surface area (Å²) in [6, 6.07) is 22.0. The van der Waals surface area contributed by atoms with Crippen LogP contribution in [0.1, 0.15) is 27.3 Å². The summed E-state index contributed by atoms with van der Waals surface area (Å²) in [7, 11) is 0. The molecule has 5 aromatic rings. The molecule has 3 heterocycles. The van der Waals surface area contributed by atoms with Gasteiger partial charge in [0.05, 0.1) is 24.2 Å². The van der Waals surface area contributed by atoms with Gasteiger partial charge in [0.1, 0.15) is 5.82 Å². The normalized spacial score (nSPS) is 11.2. The number of benzene rings is 2. The lowest BCUT2D eigenvalue weighted by Crippen LogP contribution is -2.08. The quantitative estimate of drug-likeness (QED) is 0.196. The minimum Gasteiger partial charge on any atom is -0.461 e. The number of rotatable bonds is 8. The van der Waals surface area contributed by atoms with Gasteiger partial charge in [0, 0.05) is 17.0 Å². The van der Waals surface area contributed by atoms with E-state index in [4.69, 9.17) is 4.42 Å². The highest BCUT2D eigenvalue weighted by Crippen LogP contribution is 2.28. The van der Waals surface area contributed by atoms with E-state index in [1.54, 1.807) is 35.1 Å². The predicted molar refractivity (Wildman–Crippen MR) is 134 cm³/mol. The third-order valence-corrected chi connectivity index (χ3v) is 6.77. The van der Waals surface area contributed by atoms with E-state index >= 15 is 0 Å². The summed E-state index contributed by atoms with van der Waals surface area (Å²) < 4.78 is 23.7. The molecular formula is C27H23FN4O2S. The highest BCUT2D eigenvalue weighted by atomic mass is 32.2. The number of furan rings is 1. The molecule has 0 bridgehead atoms. The summed E-state index contributed by atoms with van der Waals surface area (Å²) in [6.45, 7) is 4.25. The Morgan fingerprint density at radius 3 is 2.51 bits per heavy atom. The van der Waals surface area contributed by atoms with Crippen LogP contribution in [-0.4, -0.2) is 30.9 Å². The van der Waals surface area contributed by atoms with Gasteiger partial charge in [-0.1, -0.05) is 54.2 Å². The van der Waals surface area contributed by atoms with Gasteiger partial charge in [-0.3, -0.25) is 9.36 Å². The summed E-state index contributed by atoms with van der Waals surface area (Å²) >= 11 is 1.32. The van der Waals surface area contributed by atoms with Gasteiger partial charge in [-0.2, -0.15) is 0 Å². The van der Waals surface area contributed by atoms with Crippen molar-refractivity contribution in [2.45, 2.75) is 25.5 Å². The van der Waals surface area contributed by atoms with Gasteiger partial charge in [-0.15, -0.1) is 10.2 Å². The molecule has 0 aliphatic heterocycles. The summed E-state index contributed by atoms with van der Waals surface area (Å²) in [6.07, 6.45) is 1.60. The van der Waals surface area contributed by atoms with E-state index in [2.05, 4.69) is 10.2 Å². The Kier molecular flexibility index (Phi) is 6.37. The molecule has 0 fully saturated rings. The number of aryl methyl sites for hydroxylation is 1. The lowest BCUT2D eigenvalue weighted by molar-refractivity contribution is 0.102. The molecule has 3 aromatic heterocycles. The van der Waals surface area contributed by atoms with Crippen molar-refractivity contribution in [3.8, 4) is 17.3 Å². The SMILES string of the molecule is Cc1cc(C(=O)CSc2nnc(-c3ccco3)n2Cc2ccccc2)c(C)n1-c1ccccc1F. The van der Waals surface area contributed by atoms with E-state index < -0.39 is 0 Å². The fourth-order valence-corrected chi connectivity index (χ4v) is 4.97. The van der Waals surface area contributed by atoms with Gasteiger partial charge in [0.2, 0.25) is 5.82 Å². The Bertz CT molecular complexity index is 1470. The van der Waals surface area contributed by atoms with Crippen LogP contribution < -0.4 is 0 Å². The van der Waals surface area contributed by atoms with Gasteiger partial charge >= 0.3 is 0 Å². The molecule has 0 aliphatic carbocycles. The summed E-state index contributed by atoms with van der Waals surface area (Å²) in [4.78, 5) is 13.2. The standard InChI is InChI=1S/C27H23FN4O2S/c1-18-15-21(19(2)32(18)23-12-7-6-11-22(23)28)24(33)17-35-27-30-29-26(25-13-8-14-34-25)31(27)16-20-9-4-3-5-10-20/h3-15H,16-17H2,1-2H3. The van der Waals surface area contributed by atoms with Gasteiger partial charge < -0.3 is 8.98 Å². The number of halogens is 1. The van der Waals surface area contributed by atoms with Crippen LogP contribution in [0.25, 0.3) is 17.3 Å². The molecule has 5 rings (SSSR count). The average Bonchev–Trinajstić information content (AvgIpc) is 3.59. The van der Waals surface area contributed by atoms with Crippen LogP contribution in [0.4, 0.5) is 4.39 Å². The Morgan fingerprint density at radius 2 is 1.77 bits per heavy atom. The first-order valence-corrected chi connectivity index (χ1v) is 12.1. The van der Waals surface area contributed by atoms with Gasteiger partial charge in [-0.25, -0.2) is 4.39 Å². The first-order chi connectivity index (χ1) is 17.0. The van der Waals surface area contributed by atoms with E-state index in [0.717, 1.165) is 11.3 Å². The summed E-state index contributed by atoms with van der Waals surface area (Å²) in [5.74, 6) is 1.00. The van der Waals surface area contributed by atoms with E-state index in [9.17, 15) is 9.18 Å². The van der Waals surface area contributed by atoms with Crippen LogP contribution >= 0.6 is 11.8 Å². The van der Waals surface area contributed by atoms with Crippen molar-refractivity contribution in [2.75, 3.05) is 5.75 Å². The monoisotopic (exact) mass is 486 g/mol. The summed E-state index contributed by atoms with van der Waals surface area (Å²) in [5, 5.41) is 9.30. The second-order valence-electron chi connectivity index (χ2n) is 8.14. The highest BCUT2D eigenvalue weighted by Gasteiger charge is 2.21. The third kappa shape index (κ3) is 4.57. The fraction of sp³-hybridized carbons (Fsp3) is 0.148. The number of Topliss-reactive ketones (excluding diaryl/α,β-unsaturated/α-hetero) is 1. The zero-order valence-electron chi connectivity index (χ0n) is 19.3. The Balaban J connectivity index is 1.41. The lowest BCUT2D eigenvalue weighted by Gasteiger charge is -2.11. The molecule has 0 aliphatic rings. The fourth-order valence-electron chi connectivity index (χ4n) is 4.15. The number of thioether (sulfide) groups is 1. The molecule has 0 saturated carbocycles. The molecule has 6 nitrogen and oxygen atoms in total. The number of carbonyl (C=O) groups is 1. The smallest absolute Gasteiger partial charge is 0.200 e. The molecule has 35 heavy (non-hydrogen) atoms.